The van der Waals surface area contributed by atoms with Gasteiger partial charge in [-0.15, -0.1) is 0 Å². The first-order valence-electron chi connectivity index (χ1n) is 1.72. The summed E-state index contributed by atoms with van der Waals surface area (Å²) in [6.45, 7) is 0. The molecule has 1 aromatic heterocycles. The van der Waals surface area contributed by atoms with E-state index in [1.54, 1.807) is 12.4 Å². The smallest absolute Gasteiger partial charge is 0.159 e. The average Bonchev–Trinajstić information content (AvgIpc) is 1.72. The van der Waals surface area contributed by atoms with Gasteiger partial charge in [0.05, 0.1) is 0 Å². The van der Waals surface area contributed by atoms with E-state index in [1.165, 1.54) is 0 Å². The zero-order valence-corrected chi connectivity index (χ0v) is 6.20. The molecule has 2 nitrogen and oxygen atoms in total. The predicted molar refractivity (Wildman–Crippen MR) is 22.0 cm³/mol. The molecule has 0 atom stereocenters. The Labute approximate surface area is 64.3 Å². The van der Waals surface area contributed by atoms with Gasteiger partial charge in [0.2, 0.25) is 0 Å². The van der Waals surface area contributed by atoms with Gasteiger partial charge < -0.3 is 0 Å². The predicted octanol–water partition coefficient (Wildman–Crippen LogP) is -2.52. The van der Waals surface area contributed by atoms with Gasteiger partial charge in [0, 0.05) is 12.4 Å². The molecule has 3 heteroatoms. The van der Waals surface area contributed by atoms with Crippen molar-refractivity contribution in [2.45, 2.75) is 0 Å². The molecule has 0 bridgehead atoms. The fourth-order valence-electron chi connectivity index (χ4n) is 0.253. The van der Waals surface area contributed by atoms with Crippen molar-refractivity contribution in [3.8, 4) is 0 Å². The molecule has 0 N–H and O–H groups in total. The molecule has 1 aromatic rings. The van der Waals surface area contributed by atoms with E-state index in [-0.39, 0.29) is 29.6 Å². The fraction of sp³-hybridized carbons (Fsp3) is 0. The molecule has 1 rings (SSSR count). The molecule has 0 saturated heterocycles. The minimum Gasteiger partial charge on any atom is -0.159 e. The summed E-state index contributed by atoms with van der Waals surface area (Å²) in [5, 5.41) is 7.07. The Morgan fingerprint density at radius 3 is 1.43 bits per heavy atom. The fourth-order valence-corrected chi connectivity index (χ4v) is 0.253. The maximum atomic E-state index is 3.53. The summed E-state index contributed by atoms with van der Waals surface area (Å²) in [7, 11) is 0. The van der Waals surface area contributed by atoms with Crippen LogP contribution in [0.5, 0.6) is 0 Å². The maximum Gasteiger partial charge on any atom is 1.00 e. The summed E-state index contributed by atoms with van der Waals surface area (Å²) in [4.78, 5) is 0. The summed E-state index contributed by atoms with van der Waals surface area (Å²) in [6, 6.07) is 3.65. The summed E-state index contributed by atoms with van der Waals surface area (Å²) in [5.74, 6) is 0. The van der Waals surface area contributed by atoms with Crippen LogP contribution in [-0.2, 0) is 0 Å². The van der Waals surface area contributed by atoms with Crippen molar-refractivity contribution in [1.29, 1.82) is 0 Å². The minimum atomic E-state index is 0. The van der Waals surface area contributed by atoms with Crippen molar-refractivity contribution < 1.29 is 29.6 Å². The van der Waals surface area contributed by atoms with Crippen molar-refractivity contribution in [3.05, 3.63) is 24.5 Å². The van der Waals surface area contributed by atoms with Crippen molar-refractivity contribution >= 4 is 0 Å². The molecule has 0 amide bonds. The first-order valence-corrected chi connectivity index (χ1v) is 1.72. The summed E-state index contributed by atoms with van der Waals surface area (Å²) in [5.41, 5.74) is 0. The number of aromatic nitrogens is 2. The third-order valence-electron chi connectivity index (χ3n) is 0.483. The standard InChI is InChI=1S/C4H4N2.Na/c1-2-4-6-5-3-1;/h1-4H;/q;+1. The Kier molecular flexibility index (Phi) is 4.29. The molecule has 0 radical (unpaired) electrons. The molecule has 0 aliphatic heterocycles. The van der Waals surface area contributed by atoms with Crippen LogP contribution in [0.4, 0.5) is 0 Å². The van der Waals surface area contributed by atoms with Crippen LogP contribution in [0.15, 0.2) is 24.5 Å². The SMILES string of the molecule is [Na+].c1ccnnc1. The van der Waals surface area contributed by atoms with E-state index in [0.717, 1.165) is 0 Å². The van der Waals surface area contributed by atoms with Gasteiger partial charge in [0.1, 0.15) is 0 Å². The second-order valence-corrected chi connectivity index (χ2v) is 0.914. The first kappa shape index (κ1) is 7.08. The molecular formula is C4H4N2Na+. The van der Waals surface area contributed by atoms with E-state index in [0.29, 0.717) is 0 Å². The molecule has 0 saturated carbocycles. The molecule has 0 aliphatic rings. The summed E-state index contributed by atoms with van der Waals surface area (Å²) in [6.07, 6.45) is 3.28. The van der Waals surface area contributed by atoms with Crippen LogP contribution in [0.25, 0.3) is 0 Å². The van der Waals surface area contributed by atoms with Crippen LogP contribution in [0, 0.1) is 0 Å². The zero-order valence-electron chi connectivity index (χ0n) is 4.20. The van der Waals surface area contributed by atoms with Gasteiger partial charge in [-0.2, -0.15) is 10.2 Å². The largest absolute Gasteiger partial charge is 1.00 e. The van der Waals surface area contributed by atoms with Crippen LogP contribution in [0.2, 0.25) is 0 Å². The van der Waals surface area contributed by atoms with E-state index in [9.17, 15) is 0 Å². The third kappa shape index (κ3) is 2.74. The molecule has 30 valence electrons. The Morgan fingerprint density at radius 1 is 0.857 bits per heavy atom. The van der Waals surface area contributed by atoms with E-state index in [1.807, 2.05) is 12.1 Å². The van der Waals surface area contributed by atoms with Crippen LogP contribution in [-0.4, -0.2) is 10.2 Å². The summed E-state index contributed by atoms with van der Waals surface area (Å²) < 4.78 is 0. The van der Waals surface area contributed by atoms with Gasteiger partial charge in [-0.05, 0) is 12.1 Å². The molecule has 0 unspecified atom stereocenters. The molecule has 7 heavy (non-hydrogen) atoms. The van der Waals surface area contributed by atoms with Gasteiger partial charge in [-0.3, -0.25) is 0 Å². The van der Waals surface area contributed by atoms with Crippen molar-refractivity contribution in [3.63, 3.8) is 0 Å². The molecule has 1 heterocycles. The van der Waals surface area contributed by atoms with E-state index in [4.69, 9.17) is 0 Å². The van der Waals surface area contributed by atoms with Gasteiger partial charge in [0.25, 0.3) is 0 Å². The molecular weight excluding hydrogens is 99.0 g/mol. The maximum absolute atomic E-state index is 3.53. The van der Waals surface area contributed by atoms with Crippen molar-refractivity contribution in [2.75, 3.05) is 0 Å². The number of hydrogen-bond acceptors (Lipinski definition) is 2. The topological polar surface area (TPSA) is 25.8 Å². The Balaban J connectivity index is 0.000000360. The van der Waals surface area contributed by atoms with Gasteiger partial charge >= 0.3 is 29.6 Å². The molecule has 0 spiro atoms. The van der Waals surface area contributed by atoms with Crippen molar-refractivity contribution in [1.82, 2.24) is 10.2 Å². The molecule has 0 aliphatic carbocycles. The third-order valence-corrected chi connectivity index (χ3v) is 0.483. The monoisotopic (exact) mass is 103 g/mol. The quantitative estimate of drug-likeness (QED) is 0.339. The van der Waals surface area contributed by atoms with E-state index < -0.39 is 0 Å². The molecule has 0 fully saturated rings. The van der Waals surface area contributed by atoms with Crippen LogP contribution in [0.3, 0.4) is 0 Å². The first-order chi connectivity index (χ1) is 3.00. The number of nitrogens with zero attached hydrogens (tertiary/aromatic N) is 2. The van der Waals surface area contributed by atoms with Gasteiger partial charge in [0.15, 0.2) is 0 Å². The van der Waals surface area contributed by atoms with Crippen LogP contribution < -0.4 is 29.6 Å². The van der Waals surface area contributed by atoms with E-state index >= 15 is 0 Å². The van der Waals surface area contributed by atoms with Crippen LogP contribution in [0.1, 0.15) is 0 Å². The normalized spacial score (nSPS) is 6.86. The van der Waals surface area contributed by atoms with Crippen molar-refractivity contribution in [2.24, 2.45) is 0 Å². The Hall–Kier alpha value is 0.0800. The minimum absolute atomic E-state index is 0. The summed E-state index contributed by atoms with van der Waals surface area (Å²) >= 11 is 0. The number of rotatable bonds is 0. The Bertz CT molecular complexity index is 81.6. The molecule has 0 aromatic carbocycles. The van der Waals surface area contributed by atoms with E-state index in [2.05, 4.69) is 10.2 Å². The van der Waals surface area contributed by atoms with Gasteiger partial charge in [-0.25, -0.2) is 0 Å². The number of hydrogen-bond donors (Lipinski definition) is 0. The Morgan fingerprint density at radius 2 is 1.29 bits per heavy atom. The second-order valence-electron chi connectivity index (χ2n) is 0.914. The zero-order chi connectivity index (χ0) is 4.24. The average molecular weight is 103 g/mol. The second kappa shape index (κ2) is 4.24. The van der Waals surface area contributed by atoms with Crippen LogP contribution >= 0.6 is 0 Å². The van der Waals surface area contributed by atoms with Gasteiger partial charge in [-0.1, -0.05) is 0 Å².